The number of carboxylic acid groups (broad SMARTS) is 1. The van der Waals surface area contributed by atoms with Gasteiger partial charge in [-0.3, -0.25) is 4.79 Å². The fraction of sp³-hybridized carbons (Fsp3) is 0.500. The number of aliphatic carboxylic acids is 1. The van der Waals surface area contributed by atoms with Gasteiger partial charge < -0.3 is 15.2 Å². The van der Waals surface area contributed by atoms with Crippen LogP contribution in [0.1, 0.15) is 6.92 Å². The first-order valence-corrected chi connectivity index (χ1v) is 3.76. The zero-order valence-electron chi connectivity index (χ0n) is 7.45. The highest BCUT2D eigenvalue weighted by Crippen LogP contribution is 1.87. The summed E-state index contributed by atoms with van der Waals surface area (Å²) in [6.45, 7) is 4.87. The molecule has 0 spiro atoms. The molecule has 5 nitrogen and oxygen atoms in total. The highest BCUT2D eigenvalue weighted by atomic mass is 16.5. The predicted molar refractivity (Wildman–Crippen MR) is 46.3 cm³/mol. The van der Waals surface area contributed by atoms with Crippen LogP contribution in [-0.2, 0) is 14.3 Å². The Morgan fingerprint density at radius 3 is 2.69 bits per heavy atom. The van der Waals surface area contributed by atoms with Crippen LogP contribution in [0, 0.1) is 0 Å². The number of amides is 1. The number of hydrogen-bond donors (Lipinski definition) is 2. The largest absolute Gasteiger partial charge is 0.480 e. The molecule has 5 heteroatoms. The Morgan fingerprint density at radius 2 is 2.31 bits per heavy atom. The van der Waals surface area contributed by atoms with Crippen LogP contribution in [0.4, 0.5) is 0 Å². The van der Waals surface area contributed by atoms with E-state index in [1.165, 1.54) is 13.0 Å². The molecule has 0 bridgehead atoms. The molecule has 0 saturated carbocycles. The molecule has 0 aromatic rings. The van der Waals surface area contributed by atoms with E-state index in [9.17, 15) is 9.59 Å². The third kappa shape index (κ3) is 5.86. The van der Waals surface area contributed by atoms with Gasteiger partial charge in [-0.25, -0.2) is 4.79 Å². The van der Waals surface area contributed by atoms with Crippen molar-refractivity contribution >= 4 is 11.9 Å². The summed E-state index contributed by atoms with van der Waals surface area (Å²) in [5.41, 5.74) is 0. The van der Waals surface area contributed by atoms with Gasteiger partial charge in [0, 0.05) is 6.92 Å². The van der Waals surface area contributed by atoms with E-state index < -0.39 is 17.9 Å². The zero-order chi connectivity index (χ0) is 10.3. The van der Waals surface area contributed by atoms with Gasteiger partial charge in [0.15, 0.2) is 6.04 Å². The lowest BCUT2D eigenvalue weighted by molar-refractivity contribution is -0.143. The van der Waals surface area contributed by atoms with Gasteiger partial charge in [0.2, 0.25) is 5.91 Å². The molecule has 0 aliphatic rings. The highest BCUT2D eigenvalue weighted by Gasteiger charge is 2.17. The molecule has 0 aliphatic heterocycles. The average Bonchev–Trinajstić information content (AvgIpc) is 2.02. The maximum absolute atomic E-state index is 10.5. The Hall–Kier alpha value is -1.36. The van der Waals surface area contributed by atoms with Gasteiger partial charge in [0.05, 0.1) is 13.2 Å². The minimum atomic E-state index is -1.11. The van der Waals surface area contributed by atoms with Crippen molar-refractivity contribution in [2.24, 2.45) is 0 Å². The number of ether oxygens (including phenoxy) is 1. The first kappa shape index (κ1) is 11.6. The van der Waals surface area contributed by atoms with Crippen LogP contribution in [0.2, 0.25) is 0 Å². The van der Waals surface area contributed by atoms with Crippen LogP contribution < -0.4 is 5.32 Å². The first-order valence-electron chi connectivity index (χ1n) is 3.76. The molecule has 1 atom stereocenters. The summed E-state index contributed by atoms with van der Waals surface area (Å²) in [6, 6.07) is -0.988. The van der Waals surface area contributed by atoms with Crippen LogP contribution in [0.5, 0.6) is 0 Å². The maximum atomic E-state index is 10.5. The number of rotatable bonds is 6. The van der Waals surface area contributed by atoms with Crippen LogP contribution in [0.15, 0.2) is 12.7 Å². The molecule has 1 amide bonds. The molecule has 0 aromatic heterocycles. The van der Waals surface area contributed by atoms with Crippen molar-refractivity contribution in [2.75, 3.05) is 13.2 Å². The minimum Gasteiger partial charge on any atom is -0.480 e. The molecule has 0 unspecified atom stereocenters. The van der Waals surface area contributed by atoms with E-state index in [0.717, 1.165) is 0 Å². The lowest BCUT2D eigenvalue weighted by Crippen LogP contribution is -2.43. The lowest BCUT2D eigenvalue weighted by atomic mass is 10.3. The van der Waals surface area contributed by atoms with Crippen molar-refractivity contribution in [3.05, 3.63) is 12.7 Å². The maximum Gasteiger partial charge on any atom is 0.328 e. The Morgan fingerprint density at radius 1 is 1.69 bits per heavy atom. The summed E-state index contributed by atoms with van der Waals surface area (Å²) in [5.74, 6) is -1.51. The molecular weight excluding hydrogens is 174 g/mol. The topological polar surface area (TPSA) is 75.6 Å². The summed E-state index contributed by atoms with van der Waals surface area (Å²) in [5, 5.41) is 10.8. The Balaban J connectivity index is 3.87. The summed E-state index contributed by atoms with van der Waals surface area (Å²) in [7, 11) is 0. The van der Waals surface area contributed by atoms with Crippen molar-refractivity contribution in [1.82, 2.24) is 5.32 Å². The molecule has 0 saturated heterocycles. The SMILES string of the molecule is C=CCOC[C@H](NC(C)=O)C(=O)O. The van der Waals surface area contributed by atoms with Crippen molar-refractivity contribution < 1.29 is 19.4 Å². The first-order chi connectivity index (χ1) is 6.07. The summed E-state index contributed by atoms with van der Waals surface area (Å²) in [6.07, 6.45) is 1.51. The third-order valence-electron chi connectivity index (χ3n) is 1.20. The standard InChI is InChI=1S/C8H13NO4/c1-3-4-13-5-7(8(11)12)9-6(2)10/h3,7H,1,4-5H2,2H3,(H,9,10)(H,11,12)/t7-/m0/s1. The molecule has 2 N–H and O–H groups in total. The van der Waals surface area contributed by atoms with Gasteiger partial charge in [0.25, 0.3) is 0 Å². The number of hydrogen-bond acceptors (Lipinski definition) is 3. The van der Waals surface area contributed by atoms with Gasteiger partial charge in [0.1, 0.15) is 0 Å². The molecule has 0 aliphatic carbocycles. The van der Waals surface area contributed by atoms with Gasteiger partial charge in [-0.05, 0) is 0 Å². The molecule has 74 valence electrons. The van der Waals surface area contributed by atoms with E-state index >= 15 is 0 Å². The van der Waals surface area contributed by atoms with Crippen LogP contribution >= 0.6 is 0 Å². The van der Waals surface area contributed by atoms with Crippen LogP contribution in [0.3, 0.4) is 0 Å². The van der Waals surface area contributed by atoms with E-state index in [4.69, 9.17) is 9.84 Å². The second kappa shape index (κ2) is 6.19. The average molecular weight is 187 g/mol. The van der Waals surface area contributed by atoms with Gasteiger partial charge in [-0.2, -0.15) is 0 Å². The smallest absolute Gasteiger partial charge is 0.328 e. The van der Waals surface area contributed by atoms with E-state index in [0.29, 0.717) is 0 Å². The highest BCUT2D eigenvalue weighted by molar-refractivity contribution is 5.82. The number of nitrogens with one attached hydrogen (secondary N) is 1. The number of carboxylic acids is 1. The second-order valence-electron chi connectivity index (χ2n) is 2.42. The molecule has 13 heavy (non-hydrogen) atoms. The minimum absolute atomic E-state index is 0.0546. The predicted octanol–water partition coefficient (Wildman–Crippen LogP) is -0.222. The fourth-order valence-corrected chi connectivity index (χ4v) is 0.689. The quantitative estimate of drug-likeness (QED) is 0.445. The molecule has 0 fully saturated rings. The molecular formula is C8H13NO4. The molecule has 0 radical (unpaired) electrons. The van der Waals surface area contributed by atoms with Crippen molar-refractivity contribution in [3.8, 4) is 0 Å². The van der Waals surface area contributed by atoms with Gasteiger partial charge in [-0.1, -0.05) is 6.08 Å². The molecule has 0 rings (SSSR count). The summed E-state index contributed by atoms with van der Waals surface area (Å²) in [4.78, 5) is 21.0. The normalized spacial score (nSPS) is 11.8. The zero-order valence-corrected chi connectivity index (χ0v) is 7.45. The van der Waals surface area contributed by atoms with Crippen LogP contribution in [-0.4, -0.2) is 36.2 Å². The van der Waals surface area contributed by atoms with Crippen molar-refractivity contribution in [3.63, 3.8) is 0 Å². The second-order valence-corrected chi connectivity index (χ2v) is 2.42. The van der Waals surface area contributed by atoms with E-state index in [-0.39, 0.29) is 13.2 Å². The summed E-state index contributed by atoms with van der Waals surface area (Å²) >= 11 is 0. The molecule has 0 heterocycles. The number of carbonyl (C=O) groups is 2. The third-order valence-corrected chi connectivity index (χ3v) is 1.20. The van der Waals surface area contributed by atoms with E-state index in [2.05, 4.69) is 11.9 Å². The van der Waals surface area contributed by atoms with Crippen molar-refractivity contribution in [1.29, 1.82) is 0 Å². The molecule has 0 aromatic carbocycles. The summed E-state index contributed by atoms with van der Waals surface area (Å²) < 4.78 is 4.89. The van der Waals surface area contributed by atoms with Gasteiger partial charge >= 0.3 is 5.97 Å². The van der Waals surface area contributed by atoms with Crippen LogP contribution in [0.25, 0.3) is 0 Å². The van der Waals surface area contributed by atoms with E-state index in [1.807, 2.05) is 0 Å². The number of carbonyl (C=O) groups excluding carboxylic acids is 1. The van der Waals surface area contributed by atoms with E-state index in [1.54, 1.807) is 0 Å². The monoisotopic (exact) mass is 187 g/mol. The Labute approximate surface area is 76.4 Å². The van der Waals surface area contributed by atoms with Gasteiger partial charge in [-0.15, -0.1) is 6.58 Å². The Kier molecular flexibility index (Phi) is 5.54. The van der Waals surface area contributed by atoms with Crippen molar-refractivity contribution in [2.45, 2.75) is 13.0 Å². The Bertz CT molecular complexity index is 202. The lowest BCUT2D eigenvalue weighted by Gasteiger charge is -2.12. The fourth-order valence-electron chi connectivity index (χ4n) is 0.689.